The molecule has 0 amide bonds. The summed E-state index contributed by atoms with van der Waals surface area (Å²) in [6.45, 7) is 5.21. The normalized spacial score (nSPS) is 11.1. The average Bonchev–Trinajstić information content (AvgIpc) is 2.91. The first-order chi connectivity index (χ1) is 11.1. The summed E-state index contributed by atoms with van der Waals surface area (Å²) in [5.74, 6) is 1.34. The van der Waals surface area contributed by atoms with E-state index in [0.29, 0.717) is 10.9 Å². The Morgan fingerprint density at radius 2 is 1.87 bits per heavy atom. The lowest BCUT2D eigenvalue weighted by Crippen LogP contribution is -2.07. The Labute approximate surface area is 144 Å². The molecule has 0 saturated carbocycles. The van der Waals surface area contributed by atoms with Gasteiger partial charge < -0.3 is 4.57 Å². The van der Waals surface area contributed by atoms with Gasteiger partial charge in [-0.2, -0.15) is 0 Å². The molecular formula is C17H17ClN4S. The fraction of sp³-hybridized carbons (Fsp3) is 0.235. The van der Waals surface area contributed by atoms with Crippen LogP contribution in [0.4, 0.5) is 0 Å². The summed E-state index contributed by atoms with van der Waals surface area (Å²) >= 11 is 7.51. The highest BCUT2D eigenvalue weighted by atomic mass is 35.5. The number of hydrogen-bond donors (Lipinski definition) is 0. The zero-order valence-corrected chi connectivity index (χ0v) is 14.6. The number of pyridine rings is 1. The van der Waals surface area contributed by atoms with E-state index in [-0.39, 0.29) is 0 Å². The molecule has 2 aromatic heterocycles. The van der Waals surface area contributed by atoms with E-state index in [2.05, 4.69) is 33.6 Å². The zero-order valence-electron chi connectivity index (χ0n) is 13.0. The third-order valence-corrected chi connectivity index (χ3v) is 4.39. The molecule has 0 N–H and O–H groups in total. The molecule has 0 fully saturated rings. The van der Waals surface area contributed by atoms with Crippen LogP contribution in [0.3, 0.4) is 0 Å². The monoisotopic (exact) mass is 344 g/mol. The Morgan fingerprint density at radius 1 is 1.09 bits per heavy atom. The van der Waals surface area contributed by atoms with Crippen molar-refractivity contribution in [2.24, 2.45) is 5.92 Å². The van der Waals surface area contributed by atoms with Gasteiger partial charge >= 0.3 is 0 Å². The third-order valence-electron chi connectivity index (χ3n) is 3.20. The number of rotatable bonds is 5. The van der Waals surface area contributed by atoms with Crippen molar-refractivity contribution in [3.63, 3.8) is 0 Å². The molecule has 2 heterocycles. The third kappa shape index (κ3) is 3.92. The summed E-state index contributed by atoms with van der Waals surface area (Å²) in [5, 5.41) is 11.2. The maximum absolute atomic E-state index is 5.98. The summed E-state index contributed by atoms with van der Waals surface area (Å²) in [6.07, 6.45) is 1.78. The van der Waals surface area contributed by atoms with Crippen molar-refractivity contribution < 1.29 is 0 Å². The van der Waals surface area contributed by atoms with Crippen LogP contribution < -0.4 is 0 Å². The molecule has 6 heteroatoms. The number of hydrogen-bond acceptors (Lipinski definition) is 4. The number of nitrogens with zero attached hydrogens (tertiary/aromatic N) is 4. The summed E-state index contributed by atoms with van der Waals surface area (Å²) < 4.78 is 2.15. The Hall–Kier alpha value is -1.85. The van der Waals surface area contributed by atoms with Crippen LogP contribution in [0.1, 0.15) is 13.8 Å². The molecule has 0 aliphatic heterocycles. The number of halogens is 1. The summed E-state index contributed by atoms with van der Waals surface area (Å²) in [7, 11) is 0. The van der Waals surface area contributed by atoms with Gasteiger partial charge in [0.15, 0.2) is 11.0 Å². The molecule has 0 aliphatic rings. The molecule has 0 atom stereocenters. The van der Waals surface area contributed by atoms with Crippen LogP contribution >= 0.6 is 23.4 Å². The van der Waals surface area contributed by atoms with Crippen molar-refractivity contribution in [2.45, 2.75) is 30.6 Å². The minimum atomic E-state index is 0.486. The SMILES string of the molecule is CC(C)Cn1c(Sc2ccccn2)nnc1-c1ccc(Cl)cc1. The first kappa shape index (κ1) is 16.0. The molecule has 0 saturated heterocycles. The van der Waals surface area contributed by atoms with Gasteiger partial charge in [-0.3, -0.25) is 0 Å². The van der Waals surface area contributed by atoms with Crippen molar-refractivity contribution in [3.05, 3.63) is 53.7 Å². The molecule has 23 heavy (non-hydrogen) atoms. The predicted octanol–water partition coefficient (Wildman–Crippen LogP) is 4.80. The van der Waals surface area contributed by atoms with Crippen molar-refractivity contribution in [1.82, 2.24) is 19.7 Å². The fourth-order valence-corrected chi connectivity index (χ4v) is 3.13. The Kier molecular flexibility index (Phi) is 4.98. The second kappa shape index (κ2) is 7.15. The Bertz CT molecular complexity index is 769. The standard InChI is InChI=1S/C17H17ClN4S/c1-12(2)11-22-16(13-6-8-14(18)9-7-13)20-21-17(22)23-15-5-3-4-10-19-15/h3-10,12H,11H2,1-2H3. The van der Waals surface area contributed by atoms with Gasteiger partial charge in [0.2, 0.25) is 0 Å². The highest BCUT2D eigenvalue weighted by Gasteiger charge is 2.16. The largest absolute Gasteiger partial charge is 0.301 e. The van der Waals surface area contributed by atoms with Gasteiger partial charge in [-0.1, -0.05) is 31.5 Å². The van der Waals surface area contributed by atoms with Gasteiger partial charge in [0.05, 0.1) is 0 Å². The maximum atomic E-state index is 5.98. The highest BCUT2D eigenvalue weighted by molar-refractivity contribution is 7.99. The summed E-state index contributed by atoms with van der Waals surface area (Å²) in [5.41, 5.74) is 1.01. The smallest absolute Gasteiger partial charge is 0.197 e. The van der Waals surface area contributed by atoms with Crippen molar-refractivity contribution in [2.75, 3.05) is 0 Å². The minimum Gasteiger partial charge on any atom is -0.301 e. The molecule has 4 nitrogen and oxygen atoms in total. The van der Waals surface area contributed by atoms with Crippen LogP contribution in [-0.4, -0.2) is 19.7 Å². The quantitative estimate of drug-likeness (QED) is 0.666. The van der Waals surface area contributed by atoms with Gasteiger partial charge in [0.25, 0.3) is 0 Å². The summed E-state index contributed by atoms with van der Waals surface area (Å²) in [6, 6.07) is 13.5. The maximum Gasteiger partial charge on any atom is 0.197 e. The Balaban J connectivity index is 1.98. The average molecular weight is 345 g/mol. The first-order valence-corrected chi connectivity index (χ1v) is 8.61. The van der Waals surface area contributed by atoms with E-state index in [1.54, 1.807) is 6.20 Å². The van der Waals surface area contributed by atoms with E-state index in [1.807, 2.05) is 42.5 Å². The minimum absolute atomic E-state index is 0.486. The van der Waals surface area contributed by atoms with E-state index >= 15 is 0 Å². The van der Waals surface area contributed by atoms with Crippen LogP contribution in [0.25, 0.3) is 11.4 Å². The van der Waals surface area contributed by atoms with Crippen LogP contribution in [0, 0.1) is 5.92 Å². The van der Waals surface area contributed by atoms with E-state index in [9.17, 15) is 0 Å². The van der Waals surface area contributed by atoms with E-state index in [0.717, 1.165) is 28.1 Å². The number of aromatic nitrogens is 4. The van der Waals surface area contributed by atoms with Crippen molar-refractivity contribution in [1.29, 1.82) is 0 Å². The van der Waals surface area contributed by atoms with E-state index < -0.39 is 0 Å². The number of benzene rings is 1. The van der Waals surface area contributed by atoms with Gasteiger partial charge in [-0.15, -0.1) is 10.2 Å². The van der Waals surface area contributed by atoms with E-state index in [1.165, 1.54) is 11.8 Å². The van der Waals surface area contributed by atoms with Gasteiger partial charge in [0, 0.05) is 23.3 Å². The van der Waals surface area contributed by atoms with Gasteiger partial charge in [0.1, 0.15) is 5.03 Å². The fourth-order valence-electron chi connectivity index (χ4n) is 2.21. The molecule has 0 spiro atoms. The molecule has 1 aromatic carbocycles. The lowest BCUT2D eigenvalue weighted by molar-refractivity contribution is 0.498. The van der Waals surface area contributed by atoms with Gasteiger partial charge in [-0.05, 0) is 54.1 Å². The molecule has 3 aromatic rings. The second-order valence-electron chi connectivity index (χ2n) is 5.59. The lowest BCUT2D eigenvalue weighted by atomic mass is 10.2. The molecule has 0 radical (unpaired) electrons. The van der Waals surface area contributed by atoms with Gasteiger partial charge in [-0.25, -0.2) is 4.98 Å². The van der Waals surface area contributed by atoms with E-state index in [4.69, 9.17) is 11.6 Å². The molecule has 0 bridgehead atoms. The molecule has 3 rings (SSSR count). The predicted molar refractivity (Wildman–Crippen MR) is 93.7 cm³/mol. The zero-order chi connectivity index (χ0) is 16.2. The molecule has 0 unspecified atom stereocenters. The molecular weight excluding hydrogens is 328 g/mol. The molecule has 118 valence electrons. The van der Waals surface area contributed by atoms with Crippen molar-refractivity contribution >= 4 is 23.4 Å². The van der Waals surface area contributed by atoms with Crippen LogP contribution in [0.15, 0.2) is 58.8 Å². The first-order valence-electron chi connectivity index (χ1n) is 7.41. The molecule has 0 aliphatic carbocycles. The van der Waals surface area contributed by atoms with Crippen LogP contribution in [0.2, 0.25) is 5.02 Å². The highest BCUT2D eigenvalue weighted by Crippen LogP contribution is 2.29. The van der Waals surface area contributed by atoms with Crippen LogP contribution in [0.5, 0.6) is 0 Å². The van der Waals surface area contributed by atoms with Crippen LogP contribution in [-0.2, 0) is 6.54 Å². The summed E-state index contributed by atoms with van der Waals surface area (Å²) in [4.78, 5) is 4.35. The lowest BCUT2D eigenvalue weighted by Gasteiger charge is -2.12. The topological polar surface area (TPSA) is 43.6 Å². The second-order valence-corrected chi connectivity index (χ2v) is 7.01. The van der Waals surface area contributed by atoms with Crippen molar-refractivity contribution in [3.8, 4) is 11.4 Å². The Morgan fingerprint density at radius 3 is 2.52 bits per heavy atom.